The van der Waals surface area contributed by atoms with Crippen LogP contribution in [-0.2, 0) is 6.54 Å². The standard InChI is InChI=1S/C22H17N3O2/c1-27-19-13-7-11-17-20(19)23-25-21(17)16-10-5-6-12-18(16)24(22(25)26)14-15-8-3-2-4-9-15/h2-13H,14H2,1H3. The van der Waals surface area contributed by atoms with Crippen molar-refractivity contribution in [1.29, 1.82) is 0 Å². The molecule has 5 nitrogen and oxygen atoms in total. The van der Waals surface area contributed by atoms with Crippen LogP contribution in [0.15, 0.2) is 77.6 Å². The number of benzene rings is 3. The monoisotopic (exact) mass is 355 g/mol. The molecule has 2 aromatic heterocycles. The van der Waals surface area contributed by atoms with Gasteiger partial charge in [0, 0.05) is 10.8 Å². The number of ether oxygens (including phenoxy) is 1. The molecule has 5 aromatic rings. The molecule has 0 aliphatic carbocycles. The Kier molecular flexibility index (Phi) is 3.47. The number of aromatic nitrogens is 3. The molecule has 132 valence electrons. The normalized spacial score (nSPS) is 11.4. The van der Waals surface area contributed by atoms with Crippen LogP contribution in [-0.4, -0.2) is 21.3 Å². The highest BCUT2D eigenvalue weighted by Crippen LogP contribution is 2.30. The molecule has 0 saturated carbocycles. The molecule has 0 unspecified atom stereocenters. The molecule has 0 N–H and O–H groups in total. The van der Waals surface area contributed by atoms with Gasteiger partial charge in [-0.3, -0.25) is 4.57 Å². The molecule has 5 rings (SSSR count). The Bertz CT molecular complexity index is 1350. The first-order valence-electron chi connectivity index (χ1n) is 8.79. The lowest BCUT2D eigenvalue weighted by Crippen LogP contribution is -2.28. The largest absolute Gasteiger partial charge is 0.494 e. The van der Waals surface area contributed by atoms with Crippen molar-refractivity contribution in [3.8, 4) is 5.75 Å². The number of rotatable bonds is 3. The lowest BCUT2D eigenvalue weighted by molar-refractivity contribution is 0.418. The third kappa shape index (κ3) is 2.32. The van der Waals surface area contributed by atoms with Gasteiger partial charge in [-0.2, -0.15) is 9.61 Å². The Morgan fingerprint density at radius 3 is 2.44 bits per heavy atom. The highest BCUT2D eigenvalue weighted by molar-refractivity contribution is 6.09. The van der Waals surface area contributed by atoms with E-state index in [1.807, 2.05) is 72.8 Å². The Hall–Kier alpha value is -3.60. The Balaban J connectivity index is 1.92. The SMILES string of the molecule is COc1cccc2c1nn1c(=O)n(Cc3ccccc3)c3ccccc3c21. The average molecular weight is 355 g/mol. The van der Waals surface area contributed by atoms with Crippen LogP contribution in [0.4, 0.5) is 0 Å². The maximum atomic E-state index is 13.3. The van der Waals surface area contributed by atoms with Crippen molar-refractivity contribution < 1.29 is 4.74 Å². The van der Waals surface area contributed by atoms with Crippen molar-refractivity contribution in [3.63, 3.8) is 0 Å². The second-order valence-corrected chi connectivity index (χ2v) is 6.49. The van der Waals surface area contributed by atoms with Crippen LogP contribution in [0, 0.1) is 0 Å². The lowest BCUT2D eigenvalue weighted by Gasteiger charge is -2.11. The van der Waals surface area contributed by atoms with Crippen LogP contribution in [0.5, 0.6) is 5.75 Å². The topological polar surface area (TPSA) is 48.5 Å². The predicted octanol–water partition coefficient (Wildman–Crippen LogP) is 3.86. The van der Waals surface area contributed by atoms with Gasteiger partial charge >= 0.3 is 5.69 Å². The third-order valence-corrected chi connectivity index (χ3v) is 4.93. The first-order valence-corrected chi connectivity index (χ1v) is 8.79. The lowest BCUT2D eigenvalue weighted by atomic mass is 10.1. The Morgan fingerprint density at radius 2 is 1.63 bits per heavy atom. The summed E-state index contributed by atoms with van der Waals surface area (Å²) in [5.74, 6) is 0.661. The second-order valence-electron chi connectivity index (χ2n) is 6.49. The van der Waals surface area contributed by atoms with Crippen molar-refractivity contribution in [2.24, 2.45) is 0 Å². The molecular weight excluding hydrogens is 338 g/mol. The number of para-hydroxylation sites is 1. The molecule has 27 heavy (non-hydrogen) atoms. The summed E-state index contributed by atoms with van der Waals surface area (Å²) in [7, 11) is 1.62. The van der Waals surface area contributed by atoms with Crippen LogP contribution in [0.1, 0.15) is 5.56 Å². The van der Waals surface area contributed by atoms with Gasteiger partial charge in [0.1, 0.15) is 11.3 Å². The maximum absolute atomic E-state index is 13.3. The number of hydrogen-bond donors (Lipinski definition) is 0. The van der Waals surface area contributed by atoms with Gasteiger partial charge < -0.3 is 4.74 Å². The third-order valence-electron chi connectivity index (χ3n) is 4.93. The fourth-order valence-electron chi connectivity index (χ4n) is 3.69. The van der Waals surface area contributed by atoms with E-state index >= 15 is 0 Å². The van der Waals surface area contributed by atoms with E-state index < -0.39 is 0 Å². The molecule has 0 amide bonds. The van der Waals surface area contributed by atoms with Gasteiger partial charge in [0.2, 0.25) is 0 Å². The van der Waals surface area contributed by atoms with E-state index in [2.05, 4.69) is 5.10 Å². The van der Waals surface area contributed by atoms with Crippen molar-refractivity contribution in [1.82, 2.24) is 14.2 Å². The molecule has 0 aliphatic rings. The summed E-state index contributed by atoms with van der Waals surface area (Å²) < 4.78 is 8.72. The van der Waals surface area contributed by atoms with Crippen LogP contribution < -0.4 is 10.4 Å². The molecule has 0 bridgehead atoms. The van der Waals surface area contributed by atoms with E-state index in [9.17, 15) is 4.79 Å². The van der Waals surface area contributed by atoms with Gasteiger partial charge in [0.05, 0.1) is 24.7 Å². The number of nitrogens with zero attached hydrogens (tertiary/aromatic N) is 3. The van der Waals surface area contributed by atoms with Crippen LogP contribution in [0.3, 0.4) is 0 Å². The number of hydrogen-bond acceptors (Lipinski definition) is 3. The van der Waals surface area contributed by atoms with E-state index in [0.29, 0.717) is 17.8 Å². The van der Waals surface area contributed by atoms with Gasteiger partial charge in [0.25, 0.3) is 0 Å². The zero-order valence-corrected chi connectivity index (χ0v) is 14.8. The zero-order valence-electron chi connectivity index (χ0n) is 14.8. The summed E-state index contributed by atoms with van der Waals surface area (Å²) in [4.78, 5) is 13.3. The molecule has 0 spiro atoms. The highest BCUT2D eigenvalue weighted by Gasteiger charge is 2.17. The summed E-state index contributed by atoms with van der Waals surface area (Å²) in [6.07, 6.45) is 0. The average Bonchev–Trinajstić information content (AvgIpc) is 3.12. The molecule has 0 saturated heterocycles. The highest BCUT2D eigenvalue weighted by atomic mass is 16.5. The maximum Gasteiger partial charge on any atom is 0.350 e. The predicted molar refractivity (Wildman–Crippen MR) is 107 cm³/mol. The van der Waals surface area contributed by atoms with Gasteiger partial charge in [-0.1, -0.05) is 60.7 Å². The van der Waals surface area contributed by atoms with E-state index in [0.717, 1.165) is 27.4 Å². The Labute approximate surface area is 155 Å². The summed E-state index contributed by atoms with van der Waals surface area (Å²) in [6, 6.07) is 23.7. The number of fused-ring (bicyclic) bond motifs is 5. The first-order chi connectivity index (χ1) is 13.3. The van der Waals surface area contributed by atoms with Gasteiger partial charge in [-0.15, -0.1) is 0 Å². The van der Waals surface area contributed by atoms with Crippen LogP contribution in [0.25, 0.3) is 27.3 Å². The summed E-state index contributed by atoms with van der Waals surface area (Å²) in [5.41, 5.74) is 3.31. The second kappa shape index (κ2) is 5.99. The minimum absolute atomic E-state index is 0.161. The first kappa shape index (κ1) is 15.6. The molecule has 3 aromatic carbocycles. The van der Waals surface area contributed by atoms with Crippen LogP contribution >= 0.6 is 0 Å². The van der Waals surface area contributed by atoms with E-state index in [-0.39, 0.29) is 5.69 Å². The molecule has 0 atom stereocenters. The van der Waals surface area contributed by atoms with E-state index in [1.54, 1.807) is 11.7 Å². The molecule has 0 radical (unpaired) electrons. The zero-order chi connectivity index (χ0) is 18.4. The van der Waals surface area contributed by atoms with E-state index in [1.165, 1.54) is 4.52 Å². The fraction of sp³-hybridized carbons (Fsp3) is 0.0909. The smallest absolute Gasteiger partial charge is 0.350 e. The van der Waals surface area contributed by atoms with E-state index in [4.69, 9.17) is 4.74 Å². The Morgan fingerprint density at radius 1 is 0.889 bits per heavy atom. The van der Waals surface area contributed by atoms with Crippen molar-refractivity contribution >= 4 is 27.3 Å². The fourth-order valence-corrected chi connectivity index (χ4v) is 3.69. The molecule has 5 heteroatoms. The number of methoxy groups -OCH3 is 1. The van der Waals surface area contributed by atoms with Crippen molar-refractivity contribution in [3.05, 3.63) is 88.8 Å². The molecule has 2 heterocycles. The van der Waals surface area contributed by atoms with Crippen molar-refractivity contribution in [2.45, 2.75) is 6.54 Å². The minimum Gasteiger partial charge on any atom is -0.494 e. The van der Waals surface area contributed by atoms with Gasteiger partial charge in [0.15, 0.2) is 0 Å². The summed E-state index contributed by atoms with van der Waals surface area (Å²) >= 11 is 0. The summed E-state index contributed by atoms with van der Waals surface area (Å²) in [6.45, 7) is 0.490. The molecule has 0 fully saturated rings. The van der Waals surface area contributed by atoms with Gasteiger partial charge in [-0.05, 0) is 17.7 Å². The van der Waals surface area contributed by atoms with Crippen LogP contribution in [0.2, 0.25) is 0 Å². The summed E-state index contributed by atoms with van der Waals surface area (Å²) in [5, 5.41) is 6.50. The quantitative estimate of drug-likeness (QED) is 0.494. The van der Waals surface area contributed by atoms with Crippen molar-refractivity contribution in [2.75, 3.05) is 7.11 Å². The minimum atomic E-state index is -0.161. The molecular formula is C22H17N3O2. The van der Waals surface area contributed by atoms with Gasteiger partial charge in [-0.25, -0.2) is 4.79 Å². The molecule has 0 aliphatic heterocycles.